The molecule has 0 aliphatic heterocycles. The lowest BCUT2D eigenvalue weighted by Crippen LogP contribution is -2.37. The van der Waals surface area contributed by atoms with Gasteiger partial charge in [0.25, 0.3) is 0 Å². The van der Waals surface area contributed by atoms with E-state index in [4.69, 9.17) is 4.98 Å². The third-order valence-electron chi connectivity index (χ3n) is 5.34. The molecule has 2 aromatic carbocycles. The first-order chi connectivity index (χ1) is 14.6. The zero-order valence-electron chi connectivity index (χ0n) is 18.7. The Labute approximate surface area is 188 Å². The summed E-state index contributed by atoms with van der Waals surface area (Å²) in [4.78, 5) is 21.7. The van der Waals surface area contributed by atoms with Gasteiger partial charge >= 0.3 is 0 Å². The summed E-state index contributed by atoms with van der Waals surface area (Å²) in [5, 5.41) is 0.614. The Bertz CT molecular complexity index is 1180. The number of aromatic nitrogens is 1. The third kappa shape index (κ3) is 5.50. The number of aryl methyl sites for hydroxylation is 3. The average Bonchev–Trinajstić information content (AvgIpc) is 3.14. The fourth-order valence-electron chi connectivity index (χ4n) is 3.18. The molecule has 0 aliphatic carbocycles. The Morgan fingerprint density at radius 1 is 1.00 bits per heavy atom. The van der Waals surface area contributed by atoms with Crippen molar-refractivity contribution in [3.8, 4) is 0 Å². The van der Waals surface area contributed by atoms with Crippen LogP contribution in [0.2, 0.25) is 0 Å². The van der Waals surface area contributed by atoms with Gasteiger partial charge in [-0.15, -0.1) is 0 Å². The number of hydrogen-bond acceptors (Lipinski definition) is 6. The van der Waals surface area contributed by atoms with E-state index in [9.17, 15) is 13.2 Å². The Morgan fingerprint density at radius 3 is 2.32 bits per heavy atom. The van der Waals surface area contributed by atoms with Crippen LogP contribution in [0.3, 0.4) is 0 Å². The molecule has 0 unspecified atom stereocenters. The number of carbonyl (C=O) groups excluding carboxylic acids is 1. The van der Waals surface area contributed by atoms with E-state index in [1.165, 1.54) is 11.3 Å². The molecule has 3 rings (SSSR count). The highest BCUT2D eigenvalue weighted by atomic mass is 32.2. The molecule has 3 aromatic rings. The fourth-order valence-corrected chi connectivity index (χ4v) is 5.48. The van der Waals surface area contributed by atoms with Crippen LogP contribution in [-0.2, 0) is 14.6 Å². The van der Waals surface area contributed by atoms with Gasteiger partial charge < -0.3 is 4.90 Å². The lowest BCUT2D eigenvalue weighted by molar-refractivity contribution is -0.118. The Hall–Kier alpha value is -2.29. The first-order valence-electron chi connectivity index (χ1n) is 10.2. The van der Waals surface area contributed by atoms with Crippen LogP contribution in [0, 0.1) is 20.8 Å². The van der Waals surface area contributed by atoms with E-state index in [1.807, 2.05) is 45.8 Å². The summed E-state index contributed by atoms with van der Waals surface area (Å²) >= 11 is 1.47. The standard InChI is InChI=1S/C23H29N3O3S2/c1-16-6-9-19(10-7-16)31(28,29)15-12-21(27)26(14-13-25(4)5)23-24-22-18(3)17(2)8-11-20(22)30-23/h6-11H,12-15H2,1-5H3. The van der Waals surface area contributed by atoms with E-state index in [-0.39, 0.29) is 23.0 Å². The SMILES string of the molecule is Cc1ccc(S(=O)(=O)CCC(=O)N(CCN(C)C)c2nc3c(C)c(C)ccc3s2)cc1. The number of anilines is 1. The van der Waals surface area contributed by atoms with Gasteiger partial charge in [0.1, 0.15) is 0 Å². The minimum Gasteiger partial charge on any atom is -0.308 e. The number of hydrogen-bond donors (Lipinski definition) is 0. The molecule has 0 saturated heterocycles. The molecule has 0 atom stereocenters. The number of thiazole rings is 1. The lowest BCUT2D eigenvalue weighted by atomic mass is 10.1. The summed E-state index contributed by atoms with van der Waals surface area (Å²) in [7, 11) is 0.351. The summed E-state index contributed by atoms with van der Waals surface area (Å²) in [5.74, 6) is -0.456. The molecule has 0 saturated carbocycles. The number of carbonyl (C=O) groups is 1. The molecule has 8 heteroatoms. The summed E-state index contributed by atoms with van der Waals surface area (Å²) < 4.78 is 26.4. The highest BCUT2D eigenvalue weighted by molar-refractivity contribution is 7.91. The van der Waals surface area contributed by atoms with Crippen molar-refractivity contribution in [2.75, 3.05) is 37.8 Å². The van der Waals surface area contributed by atoms with Crippen molar-refractivity contribution >= 4 is 42.4 Å². The van der Waals surface area contributed by atoms with Crippen LogP contribution < -0.4 is 4.90 Å². The molecular formula is C23H29N3O3S2. The van der Waals surface area contributed by atoms with Gasteiger partial charge in [-0.05, 0) is 64.2 Å². The van der Waals surface area contributed by atoms with Crippen molar-refractivity contribution in [3.05, 3.63) is 53.1 Å². The number of benzene rings is 2. The van der Waals surface area contributed by atoms with Crippen molar-refractivity contribution in [1.29, 1.82) is 0 Å². The van der Waals surface area contributed by atoms with Crippen molar-refractivity contribution in [2.45, 2.75) is 32.1 Å². The second kappa shape index (κ2) is 9.46. The first kappa shape index (κ1) is 23.4. The molecule has 1 aromatic heterocycles. The average molecular weight is 460 g/mol. The summed E-state index contributed by atoms with van der Waals surface area (Å²) in [6, 6.07) is 10.8. The van der Waals surface area contributed by atoms with Gasteiger partial charge in [0.05, 0.1) is 20.9 Å². The van der Waals surface area contributed by atoms with E-state index in [1.54, 1.807) is 29.2 Å². The molecule has 31 heavy (non-hydrogen) atoms. The number of sulfone groups is 1. The molecule has 6 nitrogen and oxygen atoms in total. The Balaban J connectivity index is 1.84. The summed E-state index contributed by atoms with van der Waals surface area (Å²) in [6.45, 7) is 7.09. The van der Waals surface area contributed by atoms with Gasteiger partial charge in [-0.1, -0.05) is 35.1 Å². The minimum absolute atomic E-state index is 0.0857. The molecule has 166 valence electrons. The van der Waals surface area contributed by atoms with Crippen LogP contribution in [0.4, 0.5) is 5.13 Å². The van der Waals surface area contributed by atoms with Crippen LogP contribution in [0.15, 0.2) is 41.3 Å². The normalized spacial score (nSPS) is 11.9. The number of likely N-dealkylation sites (N-methyl/N-ethyl adjacent to an activating group) is 1. The van der Waals surface area contributed by atoms with E-state index < -0.39 is 9.84 Å². The van der Waals surface area contributed by atoms with Gasteiger partial charge in [0, 0.05) is 19.5 Å². The van der Waals surface area contributed by atoms with E-state index in [0.29, 0.717) is 18.2 Å². The maximum absolute atomic E-state index is 13.1. The first-order valence-corrected chi connectivity index (χ1v) is 12.7. The fraction of sp³-hybridized carbons (Fsp3) is 0.391. The van der Waals surface area contributed by atoms with Crippen molar-refractivity contribution in [3.63, 3.8) is 0 Å². The molecular weight excluding hydrogens is 430 g/mol. The molecule has 1 amide bonds. The van der Waals surface area contributed by atoms with E-state index in [2.05, 4.69) is 6.07 Å². The predicted molar refractivity (Wildman–Crippen MR) is 128 cm³/mol. The monoisotopic (exact) mass is 459 g/mol. The van der Waals surface area contributed by atoms with Gasteiger partial charge in [-0.25, -0.2) is 13.4 Å². The highest BCUT2D eigenvalue weighted by Gasteiger charge is 2.23. The van der Waals surface area contributed by atoms with Crippen molar-refractivity contribution < 1.29 is 13.2 Å². The van der Waals surface area contributed by atoms with Gasteiger partial charge in [0.15, 0.2) is 15.0 Å². The van der Waals surface area contributed by atoms with Crippen molar-refractivity contribution in [1.82, 2.24) is 9.88 Å². The lowest BCUT2D eigenvalue weighted by Gasteiger charge is -2.22. The van der Waals surface area contributed by atoms with Crippen LogP contribution in [0.1, 0.15) is 23.1 Å². The Kier molecular flexibility index (Phi) is 7.13. The molecule has 0 fully saturated rings. The minimum atomic E-state index is -3.53. The van der Waals surface area contributed by atoms with Crippen LogP contribution in [0.25, 0.3) is 10.2 Å². The number of fused-ring (bicyclic) bond motifs is 1. The van der Waals surface area contributed by atoms with E-state index >= 15 is 0 Å². The molecule has 0 radical (unpaired) electrons. The zero-order valence-corrected chi connectivity index (χ0v) is 20.3. The quantitative estimate of drug-likeness (QED) is 0.510. The molecule has 0 aliphatic rings. The summed E-state index contributed by atoms with van der Waals surface area (Å²) in [5.41, 5.74) is 4.14. The molecule has 0 spiro atoms. The van der Waals surface area contributed by atoms with Crippen molar-refractivity contribution in [2.24, 2.45) is 0 Å². The van der Waals surface area contributed by atoms with Gasteiger partial charge in [-0.2, -0.15) is 0 Å². The van der Waals surface area contributed by atoms with Gasteiger partial charge in [-0.3, -0.25) is 9.69 Å². The summed E-state index contributed by atoms with van der Waals surface area (Å²) in [6.07, 6.45) is -0.0857. The molecule has 0 N–H and O–H groups in total. The van der Waals surface area contributed by atoms with Crippen LogP contribution in [0.5, 0.6) is 0 Å². The predicted octanol–water partition coefficient (Wildman–Crippen LogP) is 3.98. The maximum Gasteiger partial charge on any atom is 0.229 e. The number of nitrogens with zero attached hydrogens (tertiary/aromatic N) is 3. The topological polar surface area (TPSA) is 70.6 Å². The maximum atomic E-state index is 13.1. The smallest absolute Gasteiger partial charge is 0.229 e. The van der Waals surface area contributed by atoms with Crippen LogP contribution >= 0.6 is 11.3 Å². The molecule has 1 heterocycles. The number of amides is 1. The second-order valence-electron chi connectivity index (χ2n) is 8.08. The zero-order chi connectivity index (χ0) is 22.8. The second-order valence-corrected chi connectivity index (χ2v) is 11.2. The third-order valence-corrected chi connectivity index (χ3v) is 8.12. The Morgan fingerprint density at radius 2 is 1.68 bits per heavy atom. The van der Waals surface area contributed by atoms with Crippen LogP contribution in [-0.4, -0.2) is 57.1 Å². The number of rotatable bonds is 8. The van der Waals surface area contributed by atoms with Gasteiger partial charge in [0.2, 0.25) is 5.91 Å². The largest absolute Gasteiger partial charge is 0.308 e. The van der Waals surface area contributed by atoms with E-state index in [0.717, 1.165) is 26.9 Å². The highest BCUT2D eigenvalue weighted by Crippen LogP contribution is 2.32. The molecule has 0 bridgehead atoms.